The summed E-state index contributed by atoms with van der Waals surface area (Å²) in [7, 11) is 0. The van der Waals surface area contributed by atoms with Gasteiger partial charge in [0.2, 0.25) is 11.9 Å². The van der Waals surface area contributed by atoms with E-state index in [1.54, 1.807) is 67.6 Å². The van der Waals surface area contributed by atoms with E-state index in [0.29, 0.717) is 60.6 Å². The van der Waals surface area contributed by atoms with Crippen molar-refractivity contribution in [3.63, 3.8) is 0 Å². The van der Waals surface area contributed by atoms with Crippen molar-refractivity contribution < 1.29 is 29.0 Å². The van der Waals surface area contributed by atoms with E-state index < -0.39 is 12.0 Å². The van der Waals surface area contributed by atoms with E-state index in [9.17, 15) is 14.4 Å². The maximum atomic E-state index is 12.4. The molecular weight excluding hydrogens is 578 g/mol. The number of aryl methyl sites for hydroxylation is 1. The number of ether oxygens (including phenoxy) is 2. The molecular formula is C32H35N7O6. The Balaban J connectivity index is 0.000000440. The number of hydrogen-bond acceptors (Lipinski definition) is 9. The number of primary amides is 1. The molecule has 13 heteroatoms. The number of hydrogen-bond donors (Lipinski definition) is 4. The number of benzene rings is 3. The van der Waals surface area contributed by atoms with E-state index in [1.165, 1.54) is 6.07 Å². The molecule has 3 amide bonds. The lowest BCUT2D eigenvalue weighted by Crippen LogP contribution is -2.37. The predicted molar refractivity (Wildman–Crippen MR) is 170 cm³/mol. The van der Waals surface area contributed by atoms with Crippen LogP contribution in [0.5, 0.6) is 6.01 Å². The molecule has 1 aliphatic rings. The Morgan fingerprint density at radius 2 is 1.56 bits per heavy atom. The van der Waals surface area contributed by atoms with Gasteiger partial charge in [0.15, 0.2) is 5.82 Å². The van der Waals surface area contributed by atoms with Crippen LogP contribution in [-0.2, 0) is 4.74 Å². The molecule has 0 bridgehead atoms. The molecule has 1 aliphatic heterocycles. The minimum atomic E-state index is -1.01. The molecule has 234 valence electrons. The molecule has 13 nitrogen and oxygen atoms in total. The maximum absolute atomic E-state index is 12.4. The lowest BCUT2D eigenvalue weighted by molar-refractivity contribution is 0.0695. The fraction of sp³-hybridized carbons (Fsp3) is 0.250. The molecule has 0 spiro atoms. The van der Waals surface area contributed by atoms with Crippen molar-refractivity contribution in [2.75, 3.05) is 41.8 Å². The lowest BCUT2D eigenvalue weighted by Gasteiger charge is -2.27. The second-order valence-electron chi connectivity index (χ2n) is 10.2. The summed E-state index contributed by atoms with van der Waals surface area (Å²) in [6, 6.07) is 20.3. The fourth-order valence-electron chi connectivity index (χ4n) is 4.22. The Hall–Kier alpha value is -5.56. The van der Waals surface area contributed by atoms with Crippen molar-refractivity contribution in [2.45, 2.75) is 26.9 Å². The number of amides is 3. The Kier molecular flexibility index (Phi) is 11.0. The lowest BCUT2D eigenvalue weighted by atomic mass is 10.1. The van der Waals surface area contributed by atoms with Crippen LogP contribution in [0.1, 0.15) is 40.1 Å². The van der Waals surface area contributed by atoms with Crippen molar-refractivity contribution in [2.24, 2.45) is 5.73 Å². The van der Waals surface area contributed by atoms with Gasteiger partial charge in [-0.1, -0.05) is 18.2 Å². The van der Waals surface area contributed by atoms with Gasteiger partial charge in [0.05, 0.1) is 24.9 Å². The van der Waals surface area contributed by atoms with Crippen LogP contribution >= 0.6 is 0 Å². The van der Waals surface area contributed by atoms with Gasteiger partial charge in [-0.05, 0) is 80.9 Å². The molecule has 0 unspecified atom stereocenters. The number of aromatic nitrogens is 3. The van der Waals surface area contributed by atoms with Crippen molar-refractivity contribution >= 4 is 35.2 Å². The molecule has 4 aromatic rings. The van der Waals surface area contributed by atoms with Gasteiger partial charge >= 0.3 is 18.0 Å². The molecule has 2 heterocycles. The molecule has 1 aromatic heterocycles. The second-order valence-corrected chi connectivity index (χ2v) is 10.2. The van der Waals surface area contributed by atoms with Crippen LogP contribution in [0, 0.1) is 6.92 Å². The van der Waals surface area contributed by atoms with Crippen molar-refractivity contribution in [1.29, 1.82) is 0 Å². The summed E-state index contributed by atoms with van der Waals surface area (Å²) in [6.45, 7) is 8.06. The van der Waals surface area contributed by atoms with Gasteiger partial charge in [-0.3, -0.25) is 4.79 Å². The number of carboxylic acid groups (broad SMARTS) is 1. The van der Waals surface area contributed by atoms with Crippen LogP contribution in [0.15, 0.2) is 72.8 Å². The number of anilines is 3. The fourth-order valence-corrected chi connectivity index (χ4v) is 4.22. The van der Waals surface area contributed by atoms with Crippen LogP contribution in [0.3, 0.4) is 0 Å². The highest BCUT2D eigenvalue weighted by atomic mass is 16.5. The largest absolute Gasteiger partial charge is 0.478 e. The first-order chi connectivity index (χ1) is 21.6. The van der Waals surface area contributed by atoms with Crippen LogP contribution in [0.4, 0.5) is 22.1 Å². The van der Waals surface area contributed by atoms with E-state index in [1.807, 2.05) is 24.8 Å². The molecule has 5 N–H and O–H groups in total. The van der Waals surface area contributed by atoms with Gasteiger partial charge in [0.1, 0.15) is 0 Å². The minimum absolute atomic E-state index is 0.0907. The van der Waals surface area contributed by atoms with E-state index in [4.69, 9.17) is 20.3 Å². The molecule has 1 saturated heterocycles. The maximum Gasteiger partial charge on any atom is 0.335 e. The van der Waals surface area contributed by atoms with Crippen LogP contribution in [0.2, 0.25) is 0 Å². The van der Waals surface area contributed by atoms with E-state index in [2.05, 4.69) is 25.6 Å². The third-order valence-electron chi connectivity index (χ3n) is 6.41. The quantitative estimate of drug-likeness (QED) is 0.219. The molecule has 0 saturated carbocycles. The number of urea groups is 1. The van der Waals surface area contributed by atoms with Gasteiger partial charge < -0.3 is 35.8 Å². The number of nitrogens with two attached hydrogens (primary N) is 1. The average Bonchev–Trinajstić information content (AvgIpc) is 3.02. The van der Waals surface area contributed by atoms with Crippen LogP contribution < -0.4 is 26.0 Å². The van der Waals surface area contributed by atoms with Gasteiger partial charge in [0.25, 0.3) is 0 Å². The second kappa shape index (κ2) is 15.3. The Labute approximate surface area is 260 Å². The predicted octanol–water partition coefficient (Wildman–Crippen LogP) is 4.60. The first-order valence-electron chi connectivity index (χ1n) is 14.2. The molecule has 0 radical (unpaired) electrons. The number of aromatic carboxylic acids is 1. The summed E-state index contributed by atoms with van der Waals surface area (Å²) >= 11 is 0. The Bertz CT molecular complexity index is 1630. The van der Waals surface area contributed by atoms with Gasteiger partial charge in [-0.2, -0.15) is 15.0 Å². The number of carboxylic acids is 1. The zero-order valence-corrected chi connectivity index (χ0v) is 25.2. The first-order valence-corrected chi connectivity index (χ1v) is 14.2. The van der Waals surface area contributed by atoms with E-state index >= 15 is 0 Å². The minimum Gasteiger partial charge on any atom is -0.478 e. The topological polar surface area (TPSA) is 182 Å². The van der Waals surface area contributed by atoms with Crippen molar-refractivity contribution in [1.82, 2.24) is 15.0 Å². The summed E-state index contributed by atoms with van der Waals surface area (Å²) < 4.78 is 11.2. The number of nitrogens with one attached hydrogen (secondary N) is 2. The molecule has 0 aliphatic carbocycles. The molecule has 3 aromatic carbocycles. The summed E-state index contributed by atoms with van der Waals surface area (Å²) in [5.41, 5.74) is 8.07. The molecule has 5 rings (SSSR count). The summed E-state index contributed by atoms with van der Waals surface area (Å²) in [6.07, 6.45) is -0.0907. The van der Waals surface area contributed by atoms with Gasteiger partial charge in [-0.25, -0.2) is 9.59 Å². The third-order valence-corrected chi connectivity index (χ3v) is 6.41. The standard InChI is InChI=1S/C25H28N6O5.C7H7NO/c1-15(2)36-25-29-21(28-23(30-25)31-10-12-35-13-11-31)17-4-6-18(7-5-17)26-24(34)27-19-8-9-20(22(32)33)16(3)14-19;8-7(9)6-4-2-1-3-5-6/h4-9,14-15H,10-13H2,1-3H3,(H,32,33)(H2,26,27,34);1-5H,(H2,8,9). The number of carbonyl (C=O) groups excluding carboxylic acids is 2. The van der Waals surface area contributed by atoms with Crippen molar-refractivity contribution in [3.8, 4) is 17.4 Å². The van der Waals surface area contributed by atoms with Gasteiger partial charge in [-0.15, -0.1) is 0 Å². The van der Waals surface area contributed by atoms with Crippen molar-refractivity contribution in [3.05, 3.63) is 89.5 Å². The van der Waals surface area contributed by atoms with Crippen LogP contribution in [-0.4, -0.2) is 70.4 Å². The normalized spacial score (nSPS) is 12.5. The summed E-state index contributed by atoms with van der Waals surface area (Å²) in [4.78, 5) is 49.6. The molecule has 45 heavy (non-hydrogen) atoms. The highest BCUT2D eigenvalue weighted by Crippen LogP contribution is 2.24. The first kappa shape index (κ1) is 32.4. The molecule has 1 fully saturated rings. The average molecular weight is 614 g/mol. The SMILES string of the molecule is Cc1cc(NC(=O)Nc2ccc(-c3nc(OC(C)C)nc(N4CCOCC4)n3)cc2)ccc1C(=O)O.NC(=O)c1ccccc1. The third kappa shape index (κ3) is 9.46. The highest BCUT2D eigenvalue weighted by molar-refractivity contribution is 6.00. The zero-order chi connectivity index (χ0) is 32.3. The van der Waals surface area contributed by atoms with Gasteiger partial charge in [0, 0.05) is 35.6 Å². The number of morpholine rings is 1. The Morgan fingerprint density at radius 3 is 2.13 bits per heavy atom. The summed E-state index contributed by atoms with van der Waals surface area (Å²) in [5, 5.41) is 14.6. The number of nitrogens with zero attached hydrogens (tertiary/aromatic N) is 4. The smallest absolute Gasteiger partial charge is 0.335 e. The van der Waals surface area contributed by atoms with E-state index in [-0.39, 0.29) is 23.6 Å². The molecule has 0 atom stereocenters. The number of rotatable bonds is 8. The zero-order valence-electron chi connectivity index (χ0n) is 25.2. The van der Waals surface area contributed by atoms with Crippen LogP contribution in [0.25, 0.3) is 11.4 Å². The summed E-state index contributed by atoms with van der Waals surface area (Å²) in [5.74, 6) is -0.394. The van der Waals surface area contributed by atoms with E-state index in [0.717, 1.165) is 5.56 Å². The number of carbonyl (C=O) groups is 3. The highest BCUT2D eigenvalue weighted by Gasteiger charge is 2.18. The monoisotopic (exact) mass is 613 g/mol. The Morgan fingerprint density at radius 1 is 0.911 bits per heavy atom.